The number of carboxylic acid groups (broad SMARTS) is 1. The number of nitrogens with zero attached hydrogens (tertiary/aromatic N) is 2. The zero-order valence-corrected chi connectivity index (χ0v) is 8.93. The van der Waals surface area contributed by atoms with E-state index in [4.69, 9.17) is 5.11 Å². The average Bonchev–Trinajstić information content (AvgIpc) is 2.85. The number of H-pyrrole nitrogens is 1. The van der Waals surface area contributed by atoms with Gasteiger partial charge in [0.1, 0.15) is 5.69 Å². The van der Waals surface area contributed by atoms with Crippen LogP contribution in [0.3, 0.4) is 0 Å². The van der Waals surface area contributed by atoms with Crippen LogP contribution in [-0.4, -0.2) is 45.2 Å². The molecule has 6 heteroatoms. The lowest BCUT2D eigenvalue weighted by Gasteiger charge is -2.19. The summed E-state index contributed by atoms with van der Waals surface area (Å²) in [4.78, 5) is 24.4. The first-order chi connectivity index (χ1) is 7.53. The fourth-order valence-corrected chi connectivity index (χ4v) is 1.85. The van der Waals surface area contributed by atoms with Crippen LogP contribution in [0, 0.1) is 5.41 Å². The highest BCUT2D eigenvalue weighted by molar-refractivity contribution is 5.93. The van der Waals surface area contributed by atoms with Crippen LogP contribution in [0.2, 0.25) is 0 Å². The van der Waals surface area contributed by atoms with Crippen molar-refractivity contribution in [3.05, 3.63) is 18.0 Å². The normalized spacial score (nSPS) is 24.7. The third kappa shape index (κ3) is 1.66. The van der Waals surface area contributed by atoms with Gasteiger partial charge in [-0.05, 0) is 19.4 Å². The van der Waals surface area contributed by atoms with E-state index in [9.17, 15) is 9.59 Å². The molecule has 1 atom stereocenters. The smallest absolute Gasteiger partial charge is 0.311 e. The van der Waals surface area contributed by atoms with Crippen molar-refractivity contribution in [2.45, 2.75) is 13.3 Å². The van der Waals surface area contributed by atoms with Crippen molar-refractivity contribution in [1.82, 2.24) is 15.1 Å². The predicted molar refractivity (Wildman–Crippen MR) is 54.9 cm³/mol. The Hall–Kier alpha value is -1.85. The van der Waals surface area contributed by atoms with E-state index in [1.807, 2.05) is 0 Å². The van der Waals surface area contributed by atoms with Crippen molar-refractivity contribution in [1.29, 1.82) is 0 Å². The van der Waals surface area contributed by atoms with Gasteiger partial charge in [0.15, 0.2) is 0 Å². The molecule has 2 N–H and O–H groups in total. The van der Waals surface area contributed by atoms with E-state index in [1.54, 1.807) is 17.9 Å². The SMILES string of the molecule is CC1(C(=O)O)CCN(C(=O)c2ccn[nH]2)C1. The standard InChI is InChI=1S/C10H13N3O3/c1-10(9(15)16)3-5-13(6-10)8(14)7-2-4-11-12-7/h2,4H,3,5-6H2,1H3,(H,11,12)(H,15,16). The largest absolute Gasteiger partial charge is 0.481 e. The average molecular weight is 223 g/mol. The van der Waals surface area contributed by atoms with Gasteiger partial charge in [0.05, 0.1) is 5.41 Å². The summed E-state index contributed by atoms with van der Waals surface area (Å²) in [6, 6.07) is 1.58. The zero-order chi connectivity index (χ0) is 11.8. The molecule has 0 saturated carbocycles. The summed E-state index contributed by atoms with van der Waals surface area (Å²) in [6.45, 7) is 2.39. The summed E-state index contributed by atoms with van der Waals surface area (Å²) in [6.07, 6.45) is 1.99. The van der Waals surface area contributed by atoms with Crippen LogP contribution in [0.25, 0.3) is 0 Å². The van der Waals surface area contributed by atoms with E-state index in [0.29, 0.717) is 18.7 Å². The third-order valence-electron chi connectivity index (χ3n) is 3.01. The maximum Gasteiger partial charge on any atom is 0.311 e. The molecule has 1 aliphatic rings. The molecular formula is C10H13N3O3. The molecule has 0 aliphatic carbocycles. The van der Waals surface area contributed by atoms with Crippen LogP contribution in [0.15, 0.2) is 12.3 Å². The molecule has 1 saturated heterocycles. The molecule has 16 heavy (non-hydrogen) atoms. The van der Waals surface area contributed by atoms with E-state index >= 15 is 0 Å². The van der Waals surface area contributed by atoms with Gasteiger partial charge in [0.25, 0.3) is 5.91 Å². The number of carbonyl (C=O) groups excluding carboxylic acids is 1. The second-order valence-electron chi connectivity index (χ2n) is 4.31. The van der Waals surface area contributed by atoms with Crippen molar-refractivity contribution < 1.29 is 14.7 Å². The fraction of sp³-hybridized carbons (Fsp3) is 0.500. The number of likely N-dealkylation sites (tertiary alicyclic amines) is 1. The lowest BCUT2D eigenvalue weighted by atomic mass is 9.90. The molecule has 1 fully saturated rings. The Balaban J connectivity index is 2.10. The summed E-state index contributed by atoms with van der Waals surface area (Å²) in [5.41, 5.74) is -0.426. The Morgan fingerprint density at radius 3 is 2.88 bits per heavy atom. The van der Waals surface area contributed by atoms with Crippen molar-refractivity contribution in [3.63, 3.8) is 0 Å². The van der Waals surface area contributed by atoms with E-state index in [2.05, 4.69) is 10.2 Å². The second-order valence-corrected chi connectivity index (χ2v) is 4.31. The van der Waals surface area contributed by atoms with Gasteiger partial charge >= 0.3 is 5.97 Å². The molecule has 2 heterocycles. The van der Waals surface area contributed by atoms with Gasteiger partial charge in [-0.1, -0.05) is 0 Å². The maximum atomic E-state index is 11.9. The van der Waals surface area contributed by atoms with Gasteiger partial charge < -0.3 is 10.0 Å². The lowest BCUT2D eigenvalue weighted by molar-refractivity contribution is -0.147. The summed E-state index contributed by atoms with van der Waals surface area (Å²) >= 11 is 0. The molecule has 6 nitrogen and oxygen atoms in total. The molecule has 1 amide bonds. The Kier molecular flexibility index (Phi) is 2.41. The highest BCUT2D eigenvalue weighted by Crippen LogP contribution is 2.30. The molecule has 0 radical (unpaired) electrons. The first-order valence-corrected chi connectivity index (χ1v) is 5.05. The third-order valence-corrected chi connectivity index (χ3v) is 3.01. The molecule has 1 unspecified atom stereocenters. The number of hydrogen-bond acceptors (Lipinski definition) is 3. The molecule has 1 aliphatic heterocycles. The van der Waals surface area contributed by atoms with E-state index in [-0.39, 0.29) is 12.5 Å². The maximum absolute atomic E-state index is 11.9. The number of amides is 1. The minimum absolute atomic E-state index is 0.192. The minimum Gasteiger partial charge on any atom is -0.481 e. The van der Waals surface area contributed by atoms with Gasteiger partial charge in [0, 0.05) is 19.3 Å². The topological polar surface area (TPSA) is 86.3 Å². The Bertz CT molecular complexity index is 415. The molecular weight excluding hydrogens is 210 g/mol. The quantitative estimate of drug-likeness (QED) is 0.757. The number of carbonyl (C=O) groups is 2. The molecule has 2 rings (SSSR count). The lowest BCUT2D eigenvalue weighted by Crippen LogP contribution is -2.35. The molecule has 0 spiro atoms. The van der Waals surface area contributed by atoms with E-state index in [1.165, 1.54) is 6.20 Å². The molecule has 86 valence electrons. The zero-order valence-electron chi connectivity index (χ0n) is 8.93. The Morgan fingerprint density at radius 2 is 2.38 bits per heavy atom. The predicted octanol–water partition coefficient (Wildman–Crippen LogP) is 0.347. The van der Waals surface area contributed by atoms with Gasteiger partial charge in [-0.15, -0.1) is 0 Å². The Labute approximate surface area is 92.3 Å². The molecule has 0 aromatic carbocycles. The van der Waals surface area contributed by atoms with E-state index < -0.39 is 11.4 Å². The van der Waals surface area contributed by atoms with Crippen LogP contribution < -0.4 is 0 Å². The number of nitrogens with one attached hydrogen (secondary N) is 1. The molecule has 1 aromatic heterocycles. The van der Waals surface area contributed by atoms with Crippen LogP contribution >= 0.6 is 0 Å². The summed E-state index contributed by atoms with van der Waals surface area (Å²) in [5, 5.41) is 15.3. The number of aromatic amines is 1. The van der Waals surface area contributed by atoms with Crippen molar-refractivity contribution in [3.8, 4) is 0 Å². The minimum atomic E-state index is -0.854. The van der Waals surface area contributed by atoms with Gasteiger partial charge in [-0.3, -0.25) is 14.7 Å². The Morgan fingerprint density at radius 1 is 1.62 bits per heavy atom. The van der Waals surface area contributed by atoms with Crippen molar-refractivity contribution >= 4 is 11.9 Å². The second kappa shape index (κ2) is 3.62. The number of aromatic nitrogens is 2. The highest BCUT2D eigenvalue weighted by atomic mass is 16.4. The monoisotopic (exact) mass is 223 g/mol. The van der Waals surface area contributed by atoms with Crippen molar-refractivity contribution in [2.75, 3.05) is 13.1 Å². The number of aliphatic carboxylic acids is 1. The first-order valence-electron chi connectivity index (χ1n) is 5.05. The van der Waals surface area contributed by atoms with Gasteiger partial charge in [0.2, 0.25) is 0 Å². The molecule has 1 aromatic rings. The highest BCUT2D eigenvalue weighted by Gasteiger charge is 2.42. The van der Waals surface area contributed by atoms with Crippen LogP contribution in [0.4, 0.5) is 0 Å². The number of hydrogen-bond donors (Lipinski definition) is 2. The number of rotatable bonds is 2. The summed E-state index contributed by atoms with van der Waals surface area (Å²) < 4.78 is 0. The van der Waals surface area contributed by atoms with Crippen LogP contribution in [-0.2, 0) is 4.79 Å². The number of carboxylic acids is 1. The summed E-state index contributed by atoms with van der Waals surface area (Å²) in [7, 11) is 0. The van der Waals surface area contributed by atoms with Crippen molar-refractivity contribution in [2.24, 2.45) is 5.41 Å². The molecule has 0 bridgehead atoms. The van der Waals surface area contributed by atoms with Crippen LogP contribution in [0.1, 0.15) is 23.8 Å². The van der Waals surface area contributed by atoms with Crippen LogP contribution in [0.5, 0.6) is 0 Å². The van der Waals surface area contributed by atoms with Gasteiger partial charge in [-0.2, -0.15) is 5.10 Å². The fourth-order valence-electron chi connectivity index (χ4n) is 1.85. The van der Waals surface area contributed by atoms with E-state index in [0.717, 1.165) is 0 Å². The first kappa shape index (κ1) is 10.7. The van der Waals surface area contributed by atoms with Gasteiger partial charge in [-0.25, -0.2) is 0 Å². The summed E-state index contributed by atoms with van der Waals surface area (Å²) in [5.74, 6) is -1.05.